The molecular formula is C9H9Cl2NO. The van der Waals surface area contributed by atoms with E-state index in [0.717, 1.165) is 5.56 Å². The van der Waals surface area contributed by atoms with Crippen LogP contribution in [0.25, 0.3) is 6.08 Å². The van der Waals surface area contributed by atoms with Gasteiger partial charge >= 0.3 is 0 Å². The Morgan fingerprint density at radius 2 is 2.23 bits per heavy atom. The first-order chi connectivity index (χ1) is 6.25. The molecule has 0 aliphatic rings. The minimum absolute atomic E-state index is 0.132. The summed E-state index contributed by atoms with van der Waals surface area (Å²) in [5.41, 5.74) is 0.815. The maximum Gasteiger partial charge on any atom is 0.148 e. The van der Waals surface area contributed by atoms with E-state index in [1.54, 1.807) is 12.3 Å². The van der Waals surface area contributed by atoms with Crippen molar-refractivity contribution in [2.45, 2.75) is 6.42 Å². The van der Waals surface area contributed by atoms with Gasteiger partial charge < -0.3 is 5.11 Å². The molecule has 0 aromatic carbocycles. The third kappa shape index (κ3) is 2.99. The second-order valence-electron chi connectivity index (χ2n) is 2.42. The van der Waals surface area contributed by atoms with Crippen LogP contribution in [0, 0.1) is 0 Å². The topological polar surface area (TPSA) is 33.1 Å². The lowest BCUT2D eigenvalue weighted by Gasteiger charge is -1.98. The molecule has 0 amide bonds. The summed E-state index contributed by atoms with van der Waals surface area (Å²) < 4.78 is 0. The van der Waals surface area contributed by atoms with Crippen LogP contribution >= 0.6 is 23.2 Å². The van der Waals surface area contributed by atoms with E-state index < -0.39 is 0 Å². The normalized spacial score (nSPS) is 11.0. The van der Waals surface area contributed by atoms with Gasteiger partial charge in [-0.1, -0.05) is 35.4 Å². The number of nitrogens with zero attached hydrogens (tertiary/aromatic N) is 1. The Kier molecular flexibility index (Phi) is 4.22. The number of hydrogen-bond acceptors (Lipinski definition) is 2. The van der Waals surface area contributed by atoms with Crippen molar-refractivity contribution in [3.8, 4) is 0 Å². The van der Waals surface area contributed by atoms with E-state index in [1.807, 2.05) is 12.2 Å². The van der Waals surface area contributed by atoms with Gasteiger partial charge in [0.15, 0.2) is 0 Å². The average Bonchev–Trinajstić information content (AvgIpc) is 2.13. The number of pyridine rings is 1. The van der Waals surface area contributed by atoms with Gasteiger partial charge in [0.2, 0.25) is 0 Å². The average molecular weight is 218 g/mol. The van der Waals surface area contributed by atoms with E-state index in [1.165, 1.54) is 0 Å². The fourth-order valence-electron chi connectivity index (χ4n) is 0.846. The van der Waals surface area contributed by atoms with Crippen molar-refractivity contribution in [1.82, 2.24) is 4.98 Å². The molecular weight excluding hydrogens is 209 g/mol. The quantitative estimate of drug-likeness (QED) is 0.791. The molecule has 0 spiro atoms. The van der Waals surface area contributed by atoms with Crippen molar-refractivity contribution >= 4 is 29.3 Å². The van der Waals surface area contributed by atoms with Crippen molar-refractivity contribution in [2.75, 3.05) is 6.61 Å². The molecule has 0 saturated carbocycles. The van der Waals surface area contributed by atoms with E-state index in [2.05, 4.69) is 4.98 Å². The molecule has 1 N–H and O–H groups in total. The van der Waals surface area contributed by atoms with Crippen LogP contribution < -0.4 is 0 Å². The maximum atomic E-state index is 8.55. The number of aliphatic hydroxyl groups excluding tert-OH is 1. The first-order valence-electron chi connectivity index (χ1n) is 3.83. The monoisotopic (exact) mass is 217 g/mol. The lowest BCUT2D eigenvalue weighted by molar-refractivity contribution is 0.303. The summed E-state index contributed by atoms with van der Waals surface area (Å²) >= 11 is 11.6. The zero-order valence-electron chi connectivity index (χ0n) is 6.87. The Morgan fingerprint density at radius 1 is 1.46 bits per heavy atom. The molecule has 0 atom stereocenters. The van der Waals surface area contributed by atoms with Crippen LogP contribution in [0.5, 0.6) is 0 Å². The van der Waals surface area contributed by atoms with E-state index >= 15 is 0 Å². The van der Waals surface area contributed by atoms with Crippen LogP contribution in [0.4, 0.5) is 0 Å². The van der Waals surface area contributed by atoms with Crippen molar-refractivity contribution in [3.63, 3.8) is 0 Å². The molecule has 2 nitrogen and oxygen atoms in total. The molecule has 70 valence electrons. The molecule has 1 aromatic rings. The van der Waals surface area contributed by atoms with Gasteiger partial charge in [-0.25, -0.2) is 4.98 Å². The van der Waals surface area contributed by atoms with E-state index in [4.69, 9.17) is 28.3 Å². The molecule has 0 aliphatic carbocycles. The van der Waals surface area contributed by atoms with E-state index in [-0.39, 0.29) is 6.61 Å². The largest absolute Gasteiger partial charge is 0.396 e. The van der Waals surface area contributed by atoms with Crippen LogP contribution in [-0.4, -0.2) is 16.7 Å². The molecule has 4 heteroatoms. The number of aromatic nitrogens is 1. The highest BCUT2D eigenvalue weighted by Gasteiger charge is 2.01. The number of halogens is 2. The van der Waals surface area contributed by atoms with Crippen molar-refractivity contribution in [2.24, 2.45) is 0 Å². The van der Waals surface area contributed by atoms with Crippen molar-refractivity contribution < 1.29 is 5.11 Å². The van der Waals surface area contributed by atoms with Crippen LogP contribution in [0.2, 0.25) is 10.2 Å². The molecule has 0 bridgehead atoms. The fraction of sp³-hybridized carbons (Fsp3) is 0.222. The van der Waals surface area contributed by atoms with Gasteiger partial charge in [-0.3, -0.25) is 0 Å². The highest BCUT2D eigenvalue weighted by molar-refractivity contribution is 6.42. The first-order valence-corrected chi connectivity index (χ1v) is 4.58. The van der Waals surface area contributed by atoms with Crippen LogP contribution in [0.15, 0.2) is 18.3 Å². The Morgan fingerprint density at radius 3 is 2.92 bits per heavy atom. The maximum absolute atomic E-state index is 8.55. The smallest absolute Gasteiger partial charge is 0.148 e. The molecule has 0 unspecified atom stereocenters. The first kappa shape index (κ1) is 10.5. The second kappa shape index (κ2) is 5.22. The Balaban J connectivity index is 2.83. The Labute approximate surface area is 86.8 Å². The molecule has 1 aromatic heterocycles. The van der Waals surface area contributed by atoms with Gasteiger partial charge in [0, 0.05) is 12.8 Å². The molecule has 0 fully saturated rings. The summed E-state index contributed by atoms with van der Waals surface area (Å²) in [4.78, 5) is 3.82. The standard InChI is InChI=1S/C9H9Cl2NO/c10-8-7(3-1-2-6-13)4-5-12-9(8)11/h1,3-5,13H,2,6H2. The zero-order chi connectivity index (χ0) is 9.68. The summed E-state index contributed by atoms with van der Waals surface area (Å²) in [6, 6.07) is 1.77. The number of aliphatic hydroxyl groups is 1. The summed E-state index contributed by atoms with van der Waals surface area (Å²) in [6.45, 7) is 0.132. The van der Waals surface area contributed by atoms with Crippen LogP contribution in [0.1, 0.15) is 12.0 Å². The minimum Gasteiger partial charge on any atom is -0.396 e. The lowest BCUT2D eigenvalue weighted by Crippen LogP contribution is -1.81. The molecule has 0 aliphatic heterocycles. The van der Waals surface area contributed by atoms with Crippen molar-refractivity contribution in [3.05, 3.63) is 34.1 Å². The summed E-state index contributed by atoms with van der Waals surface area (Å²) in [7, 11) is 0. The van der Waals surface area contributed by atoms with E-state index in [0.29, 0.717) is 16.6 Å². The third-order valence-corrected chi connectivity index (χ3v) is 2.25. The Bertz CT molecular complexity index is 312. The highest BCUT2D eigenvalue weighted by Crippen LogP contribution is 2.24. The van der Waals surface area contributed by atoms with E-state index in [9.17, 15) is 0 Å². The highest BCUT2D eigenvalue weighted by atomic mass is 35.5. The SMILES string of the molecule is OCCC=Cc1ccnc(Cl)c1Cl. The fourth-order valence-corrected chi connectivity index (χ4v) is 1.19. The second-order valence-corrected chi connectivity index (χ2v) is 3.16. The molecule has 0 radical (unpaired) electrons. The summed E-state index contributed by atoms with van der Waals surface area (Å²) in [5, 5.41) is 9.29. The molecule has 0 saturated heterocycles. The van der Waals surface area contributed by atoms with Gasteiger partial charge in [-0.05, 0) is 18.1 Å². The molecule has 1 rings (SSSR count). The summed E-state index contributed by atoms with van der Waals surface area (Å²) in [6.07, 6.45) is 5.84. The minimum atomic E-state index is 0.132. The molecule has 13 heavy (non-hydrogen) atoms. The lowest BCUT2D eigenvalue weighted by atomic mass is 10.2. The summed E-state index contributed by atoms with van der Waals surface area (Å²) in [5.74, 6) is 0. The van der Waals surface area contributed by atoms with Gasteiger partial charge in [0.05, 0.1) is 5.02 Å². The van der Waals surface area contributed by atoms with Gasteiger partial charge in [-0.2, -0.15) is 0 Å². The number of hydrogen-bond donors (Lipinski definition) is 1. The third-order valence-electron chi connectivity index (χ3n) is 1.47. The molecule has 1 heterocycles. The predicted octanol–water partition coefficient (Wildman–Crippen LogP) is 2.78. The van der Waals surface area contributed by atoms with Crippen molar-refractivity contribution in [1.29, 1.82) is 0 Å². The predicted molar refractivity (Wildman–Crippen MR) is 55.0 cm³/mol. The van der Waals surface area contributed by atoms with Gasteiger partial charge in [0.1, 0.15) is 5.15 Å². The van der Waals surface area contributed by atoms with Crippen LogP contribution in [-0.2, 0) is 0 Å². The van der Waals surface area contributed by atoms with Gasteiger partial charge in [0.25, 0.3) is 0 Å². The Hall–Kier alpha value is -0.570. The number of rotatable bonds is 3. The van der Waals surface area contributed by atoms with Gasteiger partial charge in [-0.15, -0.1) is 0 Å². The zero-order valence-corrected chi connectivity index (χ0v) is 8.39. The van der Waals surface area contributed by atoms with Crippen LogP contribution in [0.3, 0.4) is 0 Å².